The molecule has 0 amide bonds. The molecule has 0 radical (unpaired) electrons. The molecule has 0 aliphatic rings. The Bertz CT molecular complexity index is 402. The zero-order chi connectivity index (χ0) is 9.14. The summed E-state index contributed by atoms with van der Waals surface area (Å²) in [6, 6.07) is 1.09. The highest BCUT2D eigenvalue weighted by molar-refractivity contribution is 5.66. The van der Waals surface area contributed by atoms with Crippen LogP contribution in [0.25, 0.3) is 0 Å². The third-order valence-corrected chi connectivity index (χ3v) is 1.20. The fourth-order valence-corrected chi connectivity index (χ4v) is 0.714. The van der Waals surface area contributed by atoms with Crippen LogP contribution in [0.2, 0.25) is 0 Å². The lowest BCUT2D eigenvalue weighted by molar-refractivity contribution is -0.137. The maximum absolute atomic E-state index is 10.8. The third-order valence-electron chi connectivity index (χ3n) is 1.20. The Balaban J connectivity index is 3.10. The molecule has 1 heterocycles. The minimum absolute atomic E-state index is 0.449. The average Bonchev–Trinajstić information content (AvgIpc) is 1.94. The van der Waals surface area contributed by atoms with E-state index in [1.807, 2.05) is 4.98 Å². The zero-order valence-corrected chi connectivity index (χ0v) is 5.98. The van der Waals surface area contributed by atoms with Crippen LogP contribution >= 0.6 is 0 Å². The number of hydrogen-bond acceptors (Lipinski definition) is 3. The van der Waals surface area contributed by atoms with Crippen molar-refractivity contribution >= 4 is 5.97 Å². The smallest absolute Gasteiger partial charge is 0.328 e. The van der Waals surface area contributed by atoms with Gasteiger partial charge in [-0.3, -0.25) is 19.1 Å². The molecule has 12 heavy (non-hydrogen) atoms. The molecule has 64 valence electrons. The molecule has 0 aromatic carbocycles. The van der Waals surface area contributed by atoms with Crippen LogP contribution in [0.5, 0.6) is 0 Å². The summed E-state index contributed by atoms with van der Waals surface area (Å²) in [6.07, 6.45) is 1.13. The van der Waals surface area contributed by atoms with Crippen LogP contribution in [0.1, 0.15) is 0 Å². The predicted octanol–water partition coefficient (Wildman–Crippen LogP) is -1.38. The summed E-state index contributed by atoms with van der Waals surface area (Å²) in [5, 5.41) is 8.31. The van der Waals surface area contributed by atoms with Gasteiger partial charge in [0, 0.05) is 12.3 Å². The van der Waals surface area contributed by atoms with Gasteiger partial charge in [-0.25, -0.2) is 4.79 Å². The van der Waals surface area contributed by atoms with E-state index in [4.69, 9.17) is 5.11 Å². The van der Waals surface area contributed by atoms with Crippen LogP contribution in [0.3, 0.4) is 0 Å². The van der Waals surface area contributed by atoms with Crippen LogP contribution in [-0.4, -0.2) is 20.6 Å². The largest absolute Gasteiger partial charge is 0.480 e. The third kappa shape index (κ3) is 1.82. The summed E-state index contributed by atoms with van der Waals surface area (Å²) >= 11 is 0. The summed E-state index contributed by atoms with van der Waals surface area (Å²) in [7, 11) is 0. The molecule has 0 spiro atoms. The van der Waals surface area contributed by atoms with Crippen LogP contribution in [0, 0.1) is 0 Å². The van der Waals surface area contributed by atoms with Crippen molar-refractivity contribution in [3.05, 3.63) is 33.1 Å². The molecule has 0 aliphatic carbocycles. The molecule has 2 N–H and O–H groups in total. The van der Waals surface area contributed by atoms with Crippen LogP contribution in [-0.2, 0) is 11.3 Å². The van der Waals surface area contributed by atoms with Gasteiger partial charge in [-0.05, 0) is 0 Å². The first-order chi connectivity index (χ1) is 5.59. The number of aliphatic carboxylic acids is 1. The number of nitrogens with one attached hydrogen (secondary N) is 1. The number of aromatic amines is 1. The Labute approximate surface area is 66.1 Å². The van der Waals surface area contributed by atoms with Gasteiger partial charge in [0.25, 0.3) is 5.56 Å². The van der Waals surface area contributed by atoms with E-state index in [-0.39, 0.29) is 0 Å². The zero-order valence-electron chi connectivity index (χ0n) is 5.98. The standard InChI is InChI=1S/C6H6N2O4/c9-4-1-2-8(3-5(10)11)6(12)7-4/h1-2H,3H2,(H,10,11)(H,7,9,12). The summed E-state index contributed by atoms with van der Waals surface area (Å²) < 4.78 is 0.893. The van der Waals surface area contributed by atoms with Crippen LogP contribution in [0.4, 0.5) is 0 Å². The fourth-order valence-electron chi connectivity index (χ4n) is 0.714. The van der Waals surface area contributed by atoms with Crippen molar-refractivity contribution in [2.24, 2.45) is 0 Å². The van der Waals surface area contributed by atoms with Gasteiger partial charge in [0.2, 0.25) is 0 Å². The molecule has 0 saturated heterocycles. The molecular formula is C6H6N2O4. The second-order valence-electron chi connectivity index (χ2n) is 2.13. The highest BCUT2D eigenvalue weighted by Crippen LogP contribution is 1.75. The maximum Gasteiger partial charge on any atom is 0.328 e. The second kappa shape index (κ2) is 3.04. The number of rotatable bonds is 2. The SMILES string of the molecule is O=C(O)Cn1ccc(=O)[nH]c1=O. The first-order valence-corrected chi connectivity index (χ1v) is 3.11. The summed E-state index contributed by atoms with van der Waals surface area (Å²) in [4.78, 5) is 33.4. The number of carboxylic acid groups (broad SMARTS) is 1. The molecule has 6 heteroatoms. The normalized spacial score (nSPS) is 9.67. The number of H-pyrrole nitrogens is 1. The number of hydrogen-bond donors (Lipinski definition) is 2. The molecule has 0 unspecified atom stereocenters. The van der Waals surface area contributed by atoms with E-state index < -0.39 is 23.8 Å². The molecule has 0 saturated carbocycles. The highest BCUT2D eigenvalue weighted by atomic mass is 16.4. The molecule has 0 atom stereocenters. The van der Waals surface area contributed by atoms with Crippen molar-refractivity contribution in [3.8, 4) is 0 Å². The van der Waals surface area contributed by atoms with Gasteiger partial charge >= 0.3 is 11.7 Å². The van der Waals surface area contributed by atoms with Crippen molar-refractivity contribution in [1.82, 2.24) is 9.55 Å². The molecule has 1 aromatic rings. The number of carbonyl (C=O) groups is 1. The van der Waals surface area contributed by atoms with Gasteiger partial charge < -0.3 is 5.11 Å². The van der Waals surface area contributed by atoms with E-state index >= 15 is 0 Å². The maximum atomic E-state index is 10.8. The number of carboxylic acids is 1. The van der Waals surface area contributed by atoms with E-state index in [0.717, 1.165) is 16.8 Å². The first-order valence-electron chi connectivity index (χ1n) is 3.11. The van der Waals surface area contributed by atoms with Gasteiger partial charge in [0.1, 0.15) is 6.54 Å². The topological polar surface area (TPSA) is 92.2 Å². The molecule has 6 nitrogen and oxygen atoms in total. The minimum atomic E-state index is -1.14. The van der Waals surface area contributed by atoms with Crippen molar-refractivity contribution in [2.75, 3.05) is 0 Å². The molecular weight excluding hydrogens is 164 g/mol. The van der Waals surface area contributed by atoms with Crippen molar-refractivity contribution in [3.63, 3.8) is 0 Å². The number of nitrogens with zero attached hydrogens (tertiary/aromatic N) is 1. The van der Waals surface area contributed by atoms with Gasteiger partial charge in [-0.15, -0.1) is 0 Å². The van der Waals surface area contributed by atoms with Crippen molar-refractivity contribution in [2.45, 2.75) is 6.54 Å². The van der Waals surface area contributed by atoms with Crippen molar-refractivity contribution < 1.29 is 9.90 Å². The van der Waals surface area contributed by atoms with Crippen LogP contribution in [0.15, 0.2) is 21.9 Å². The highest BCUT2D eigenvalue weighted by Gasteiger charge is 2.00. The second-order valence-corrected chi connectivity index (χ2v) is 2.13. The lowest BCUT2D eigenvalue weighted by Gasteiger charge is -1.97. The van der Waals surface area contributed by atoms with E-state index in [1.165, 1.54) is 0 Å². The lowest BCUT2D eigenvalue weighted by Crippen LogP contribution is -2.30. The van der Waals surface area contributed by atoms with Gasteiger partial charge in [0.15, 0.2) is 0 Å². The van der Waals surface area contributed by atoms with Crippen molar-refractivity contribution in [1.29, 1.82) is 0 Å². The molecule has 0 aliphatic heterocycles. The lowest BCUT2D eigenvalue weighted by atomic mass is 10.6. The Morgan fingerprint density at radius 1 is 1.58 bits per heavy atom. The minimum Gasteiger partial charge on any atom is -0.480 e. The quantitative estimate of drug-likeness (QED) is 0.572. The monoisotopic (exact) mass is 170 g/mol. The number of aromatic nitrogens is 2. The Morgan fingerprint density at radius 2 is 2.25 bits per heavy atom. The molecule has 0 bridgehead atoms. The molecule has 1 aromatic heterocycles. The van der Waals surface area contributed by atoms with Crippen LogP contribution < -0.4 is 11.2 Å². The Hall–Kier alpha value is -1.85. The van der Waals surface area contributed by atoms with Gasteiger partial charge in [-0.2, -0.15) is 0 Å². The predicted molar refractivity (Wildman–Crippen MR) is 39.0 cm³/mol. The summed E-state index contributed by atoms with van der Waals surface area (Å²) in [5.74, 6) is -1.14. The molecule has 0 fully saturated rings. The van der Waals surface area contributed by atoms with E-state index in [2.05, 4.69) is 0 Å². The summed E-state index contributed by atoms with van der Waals surface area (Å²) in [5.41, 5.74) is -1.26. The molecule has 1 rings (SSSR count). The summed E-state index contributed by atoms with van der Waals surface area (Å²) in [6.45, 7) is -0.449. The Kier molecular flexibility index (Phi) is 2.09. The Morgan fingerprint density at radius 3 is 2.75 bits per heavy atom. The van der Waals surface area contributed by atoms with Gasteiger partial charge in [-0.1, -0.05) is 0 Å². The first kappa shape index (κ1) is 8.25. The van der Waals surface area contributed by atoms with E-state index in [0.29, 0.717) is 0 Å². The average molecular weight is 170 g/mol. The van der Waals surface area contributed by atoms with E-state index in [1.54, 1.807) is 0 Å². The van der Waals surface area contributed by atoms with E-state index in [9.17, 15) is 14.4 Å². The fraction of sp³-hybridized carbons (Fsp3) is 0.167. The van der Waals surface area contributed by atoms with Gasteiger partial charge in [0.05, 0.1) is 0 Å².